The van der Waals surface area contributed by atoms with Gasteiger partial charge in [-0.05, 0) is 37.3 Å². The number of ether oxygens (including phenoxy) is 3. The van der Waals surface area contributed by atoms with Crippen LogP contribution >= 0.6 is 0 Å². The van der Waals surface area contributed by atoms with E-state index >= 15 is 0 Å². The van der Waals surface area contributed by atoms with E-state index in [1.807, 2.05) is 6.92 Å². The van der Waals surface area contributed by atoms with Gasteiger partial charge in [0.15, 0.2) is 11.5 Å². The monoisotopic (exact) mass is 402 g/mol. The fraction of sp³-hybridized carbons (Fsp3) is 0.263. The summed E-state index contributed by atoms with van der Waals surface area (Å²) in [4.78, 5) is 22.6. The van der Waals surface area contributed by atoms with Crippen LogP contribution in [0.25, 0.3) is 0 Å². The summed E-state index contributed by atoms with van der Waals surface area (Å²) < 4.78 is 15.5. The Hall–Kier alpha value is -3.82. The van der Waals surface area contributed by atoms with Crippen molar-refractivity contribution < 1.29 is 23.9 Å². The second-order valence-corrected chi connectivity index (χ2v) is 5.63. The Balaban J connectivity index is 1.97. The Morgan fingerprint density at radius 3 is 2.41 bits per heavy atom. The second-order valence-electron chi connectivity index (χ2n) is 5.63. The van der Waals surface area contributed by atoms with Crippen LogP contribution < -0.4 is 25.0 Å². The lowest BCUT2D eigenvalue weighted by Crippen LogP contribution is -2.25. The average molecular weight is 402 g/mol. The van der Waals surface area contributed by atoms with E-state index in [-0.39, 0.29) is 23.5 Å². The Bertz CT molecular complexity index is 883. The molecule has 0 saturated carbocycles. The molecule has 10 nitrogen and oxygen atoms in total. The molecule has 0 unspecified atom stereocenters. The van der Waals surface area contributed by atoms with Gasteiger partial charge >= 0.3 is 0 Å². The minimum absolute atomic E-state index is 0.0284. The van der Waals surface area contributed by atoms with E-state index in [1.54, 1.807) is 24.3 Å². The number of nitro benzene ring substituents is 1. The molecule has 1 amide bonds. The number of benzene rings is 2. The molecule has 0 radical (unpaired) electrons. The highest BCUT2D eigenvalue weighted by molar-refractivity contribution is 5.88. The van der Waals surface area contributed by atoms with E-state index in [4.69, 9.17) is 14.2 Å². The number of hydrogen-bond donors (Lipinski definition) is 2. The predicted molar refractivity (Wildman–Crippen MR) is 108 cm³/mol. The maximum absolute atomic E-state index is 11.9. The molecule has 0 aromatic heterocycles. The summed E-state index contributed by atoms with van der Waals surface area (Å²) >= 11 is 0. The van der Waals surface area contributed by atoms with Crippen molar-refractivity contribution in [3.8, 4) is 17.2 Å². The number of rotatable bonds is 10. The van der Waals surface area contributed by atoms with Gasteiger partial charge < -0.3 is 19.5 Å². The Morgan fingerprint density at radius 2 is 1.83 bits per heavy atom. The van der Waals surface area contributed by atoms with Crippen molar-refractivity contribution in [1.29, 1.82) is 0 Å². The van der Waals surface area contributed by atoms with E-state index in [9.17, 15) is 14.9 Å². The molecule has 0 aliphatic carbocycles. The normalized spacial score (nSPS) is 10.4. The number of carbonyl (C=O) groups excluding carboxylic acids is 1. The maximum Gasteiger partial charge on any atom is 0.282 e. The maximum atomic E-state index is 11.9. The fourth-order valence-corrected chi connectivity index (χ4v) is 2.38. The van der Waals surface area contributed by atoms with Crippen LogP contribution in [0.1, 0.15) is 12.5 Å². The molecule has 0 fully saturated rings. The van der Waals surface area contributed by atoms with Crippen molar-refractivity contribution in [2.24, 2.45) is 5.10 Å². The van der Waals surface area contributed by atoms with Gasteiger partial charge in [0.05, 0.1) is 50.1 Å². The van der Waals surface area contributed by atoms with Crippen LogP contribution in [0.15, 0.2) is 41.5 Å². The first kappa shape index (κ1) is 21.5. The van der Waals surface area contributed by atoms with Gasteiger partial charge in [-0.2, -0.15) is 5.10 Å². The van der Waals surface area contributed by atoms with Crippen molar-refractivity contribution >= 4 is 23.5 Å². The van der Waals surface area contributed by atoms with Gasteiger partial charge in [0, 0.05) is 5.69 Å². The van der Waals surface area contributed by atoms with E-state index in [0.717, 1.165) is 11.4 Å². The van der Waals surface area contributed by atoms with Gasteiger partial charge in [-0.15, -0.1) is 0 Å². The van der Waals surface area contributed by atoms with E-state index in [1.165, 1.54) is 32.6 Å². The smallest absolute Gasteiger partial charge is 0.282 e. The van der Waals surface area contributed by atoms with Crippen LogP contribution in [0.4, 0.5) is 11.4 Å². The third kappa shape index (κ3) is 6.09. The highest BCUT2D eigenvalue weighted by Crippen LogP contribution is 2.33. The molecule has 2 N–H and O–H groups in total. The molecule has 0 heterocycles. The summed E-state index contributed by atoms with van der Waals surface area (Å²) in [6.45, 7) is 2.44. The molecular formula is C19H22N4O6. The molecule has 0 atom stereocenters. The lowest BCUT2D eigenvalue weighted by Gasteiger charge is -2.08. The summed E-state index contributed by atoms with van der Waals surface area (Å²) in [6, 6.07) is 9.79. The van der Waals surface area contributed by atoms with Gasteiger partial charge in [-0.3, -0.25) is 14.9 Å². The van der Waals surface area contributed by atoms with E-state index < -0.39 is 10.8 Å². The van der Waals surface area contributed by atoms with Crippen LogP contribution in [0.2, 0.25) is 0 Å². The molecule has 29 heavy (non-hydrogen) atoms. The number of nitrogens with one attached hydrogen (secondary N) is 2. The standard InChI is InChI=1S/C19H22N4O6/c1-4-29-15-7-5-14(6-8-15)20-12-19(24)22-21-11-13-9-17(27-2)18(28-3)10-16(13)23(25)26/h5-11,20H,4,12H2,1-3H3,(H,22,24)/b21-11-. The minimum Gasteiger partial charge on any atom is -0.494 e. The zero-order chi connectivity index (χ0) is 21.2. The first-order valence-corrected chi connectivity index (χ1v) is 8.67. The Morgan fingerprint density at radius 1 is 1.17 bits per heavy atom. The summed E-state index contributed by atoms with van der Waals surface area (Å²) in [5.74, 6) is 0.852. The van der Waals surface area contributed by atoms with Crippen molar-refractivity contribution in [2.75, 3.05) is 32.7 Å². The van der Waals surface area contributed by atoms with Gasteiger partial charge in [0.1, 0.15) is 5.75 Å². The van der Waals surface area contributed by atoms with Gasteiger partial charge in [0.25, 0.3) is 11.6 Å². The molecular weight excluding hydrogens is 380 g/mol. The van der Waals surface area contributed by atoms with Gasteiger partial charge in [-0.1, -0.05) is 0 Å². The molecule has 2 aromatic carbocycles. The predicted octanol–water partition coefficient (Wildman–Crippen LogP) is 2.57. The summed E-state index contributed by atoms with van der Waals surface area (Å²) in [6.07, 6.45) is 1.18. The van der Waals surface area contributed by atoms with E-state index in [0.29, 0.717) is 12.4 Å². The molecule has 0 spiro atoms. The highest BCUT2D eigenvalue weighted by Gasteiger charge is 2.18. The van der Waals surface area contributed by atoms with Crippen molar-refractivity contribution in [3.63, 3.8) is 0 Å². The number of hydrogen-bond acceptors (Lipinski definition) is 8. The quantitative estimate of drug-likeness (QED) is 0.355. The summed E-state index contributed by atoms with van der Waals surface area (Å²) in [5.41, 5.74) is 2.98. The number of methoxy groups -OCH3 is 2. The molecule has 0 aliphatic rings. The molecule has 154 valence electrons. The fourth-order valence-electron chi connectivity index (χ4n) is 2.38. The first-order chi connectivity index (χ1) is 14.0. The van der Waals surface area contributed by atoms with Gasteiger partial charge in [-0.25, -0.2) is 5.43 Å². The minimum atomic E-state index is -0.571. The zero-order valence-corrected chi connectivity index (χ0v) is 16.3. The van der Waals surface area contributed by atoms with Crippen LogP contribution in [0, 0.1) is 10.1 Å². The van der Waals surface area contributed by atoms with Crippen LogP contribution in [-0.2, 0) is 4.79 Å². The number of amides is 1. The van der Waals surface area contributed by atoms with Crippen LogP contribution in [-0.4, -0.2) is 44.4 Å². The number of nitrogens with zero attached hydrogens (tertiary/aromatic N) is 2. The highest BCUT2D eigenvalue weighted by atomic mass is 16.6. The van der Waals surface area contributed by atoms with Gasteiger partial charge in [0.2, 0.25) is 0 Å². The number of anilines is 1. The lowest BCUT2D eigenvalue weighted by molar-refractivity contribution is -0.385. The molecule has 0 saturated heterocycles. The molecule has 10 heteroatoms. The van der Waals surface area contributed by atoms with Crippen LogP contribution in [0.3, 0.4) is 0 Å². The first-order valence-electron chi connectivity index (χ1n) is 8.67. The molecule has 2 aromatic rings. The zero-order valence-electron chi connectivity index (χ0n) is 16.3. The number of nitro groups is 1. The lowest BCUT2D eigenvalue weighted by atomic mass is 10.1. The molecule has 0 bridgehead atoms. The SMILES string of the molecule is CCOc1ccc(NCC(=O)N/N=C\c2cc(OC)c(OC)cc2[N+](=O)[O-])cc1. The number of hydrazone groups is 1. The van der Waals surface area contributed by atoms with Crippen molar-refractivity contribution in [3.05, 3.63) is 52.1 Å². The van der Waals surface area contributed by atoms with Crippen molar-refractivity contribution in [1.82, 2.24) is 5.43 Å². The van der Waals surface area contributed by atoms with Crippen LogP contribution in [0.5, 0.6) is 17.2 Å². The van der Waals surface area contributed by atoms with Crippen molar-refractivity contribution in [2.45, 2.75) is 6.92 Å². The average Bonchev–Trinajstić information content (AvgIpc) is 2.72. The summed E-state index contributed by atoms with van der Waals surface area (Å²) in [7, 11) is 2.80. The van der Waals surface area contributed by atoms with E-state index in [2.05, 4.69) is 15.8 Å². The molecule has 0 aliphatic heterocycles. The summed E-state index contributed by atoms with van der Waals surface area (Å²) in [5, 5.41) is 18.0. The largest absolute Gasteiger partial charge is 0.494 e. The second kappa shape index (κ2) is 10.5. The molecule has 2 rings (SSSR count). The Kier molecular flexibility index (Phi) is 7.78. The number of carbonyl (C=O) groups is 1. The third-order valence-corrected chi connectivity index (χ3v) is 3.74. The topological polar surface area (TPSA) is 124 Å². The Labute approximate surface area is 167 Å². The third-order valence-electron chi connectivity index (χ3n) is 3.74.